The van der Waals surface area contributed by atoms with Crippen LogP contribution < -0.4 is 5.73 Å². The summed E-state index contributed by atoms with van der Waals surface area (Å²) in [5, 5.41) is 22.0. The maximum atomic E-state index is 13.7. The van der Waals surface area contributed by atoms with Crippen LogP contribution in [-0.4, -0.2) is 63.8 Å². The van der Waals surface area contributed by atoms with E-state index in [1.54, 1.807) is 6.07 Å². The molecule has 37 heavy (non-hydrogen) atoms. The number of nitrogens with two attached hydrogens (primary N) is 1. The zero-order chi connectivity index (χ0) is 26.8. The highest BCUT2D eigenvalue weighted by Gasteiger charge is 2.66. The average molecular weight is 505 g/mol. The zero-order valence-corrected chi connectivity index (χ0v) is 20.6. The standard InChI is InChI=1S/C28H28N2O7/c1-30(2)12-13-4-3-5-14(8-13)17-6-7-19(31)22-18(17)10-15-9-16-11-20(32)23(27(29)36)26(35)28(16,37)25(34)21(15)24(22)33/h3-8,15-16,21,23,31,37H,9-12H2,1-2H3,(H2,29,36)/t15-,16+,21?,23?,28+/m1/s1. The van der Waals surface area contributed by atoms with E-state index in [4.69, 9.17) is 5.73 Å². The van der Waals surface area contributed by atoms with Gasteiger partial charge in [-0.2, -0.15) is 0 Å². The second kappa shape index (κ2) is 8.71. The smallest absolute Gasteiger partial charge is 0.235 e. The molecule has 3 aliphatic carbocycles. The van der Waals surface area contributed by atoms with E-state index in [0.717, 1.165) is 16.7 Å². The molecule has 2 aromatic rings. The lowest BCUT2D eigenvalue weighted by Crippen LogP contribution is -2.68. The summed E-state index contributed by atoms with van der Waals surface area (Å²) in [6.45, 7) is 0.709. The minimum atomic E-state index is -2.64. The number of rotatable bonds is 4. The summed E-state index contributed by atoms with van der Waals surface area (Å²) in [6.07, 6.45) is -0.0462. The molecule has 192 valence electrons. The first kappa shape index (κ1) is 25.0. The Balaban J connectivity index is 1.59. The molecule has 0 aliphatic heterocycles. The van der Waals surface area contributed by atoms with Gasteiger partial charge >= 0.3 is 0 Å². The van der Waals surface area contributed by atoms with Crippen molar-refractivity contribution in [1.82, 2.24) is 4.90 Å². The van der Waals surface area contributed by atoms with E-state index in [1.165, 1.54) is 6.07 Å². The monoisotopic (exact) mass is 504 g/mol. The zero-order valence-electron chi connectivity index (χ0n) is 20.6. The van der Waals surface area contributed by atoms with Gasteiger partial charge in [-0.15, -0.1) is 0 Å². The molecule has 2 unspecified atom stereocenters. The Bertz CT molecular complexity index is 1380. The first-order valence-electron chi connectivity index (χ1n) is 12.2. The third-order valence-corrected chi connectivity index (χ3v) is 8.02. The second-order valence-electron chi connectivity index (χ2n) is 10.7. The molecule has 0 saturated heterocycles. The number of carbonyl (C=O) groups is 5. The highest BCUT2D eigenvalue weighted by Crippen LogP contribution is 2.51. The van der Waals surface area contributed by atoms with E-state index in [9.17, 15) is 34.2 Å². The van der Waals surface area contributed by atoms with Crippen LogP contribution in [-0.2, 0) is 32.1 Å². The lowest BCUT2D eigenvalue weighted by Gasteiger charge is -2.48. The predicted molar refractivity (Wildman–Crippen MR) is 131 cm³/mol. The Kier molecular flexibility index (Phi) is 5.88. The summed E-state index contributed by atoms with van der Waals surface area (Å²) >= 11 is 0. The van der Waals surface area contributed by atoms with Crippen molar-refractivity contribution in [2.75, 3.05) is 14.1 Å². The molecule has 4 N–H and O–H groups in total. The van der Waals surface area contributed by atoms with Gasteiger partial charge in [0, 0.05) is 18.9 Å². The lowest BCUT2D eigenvalue weighted by atomic mass is 9.53. The van der Waals surface area contributed by atoms with Gasteiger partial charge in [-0.3, -0.25) is 24.0 Å². The van der Waals surface area contributed by atoms with E-state index in [-0.39, 0.29) is 30.6 Å². The van der Waals surface area contributed by atoms with E-state index in [1.807, 2.05) is 43.3 Å². The van der Waals surface area contributed by atoms with Gasteiger partial charge in [0.25, 0.3) is 0 Å². The molecular weight excluding hydrogens is 476 g/mol. The maximum Gasteiger partial charge on any atom is 0.235 e. The van der Waals surface area contributed by atoms with Crippen molar-refractivity contribution in [2.45, 2.75) is 31.4 Å². The van der Waals surface area contributed by atoms with Crippen molar-refractivity contribution in [3.63, 3.8) is 0 Å². The number of ketones is 4. The number of hydrogen-bond acceptors (Lipinski definition) is 8. The number of Topliss-reactive ketones (excluding diaryl/α,β-unsaturated/α-hetero) is 4. The van der Waals surface area contributed by atoms with Crippen LogP contribution >= 0.6 is 0 Å². The van der Waals surface area contributed by atoms with Crippen LogP contribution in [0.5, 0.6) is 5.75 Å². The van der Waals surface area contributed by atoms with Gasteiger partial charge in [0.15, 0.2) is 34.7 Å². The summed E-state index contributed by atoms with van der Waals surface area (Å²) in [5.41, 5.74) is 5.83. The van der Waals surface area contributed by atoms with E-state index < -0.39 is 58.3 Å². The number of nitrogens with zero attached hydrogens (tertiary/aromatic N) is 1. The third kappa shape index (κ3) is 3.72. The quantitative estimate of drug-likeness (QED) is 0.522. The molecule has 0 radical (unpaired) electrons. The number of carbonyl (C=O) groups excluding carboxylic acids is 5. The Morgan fingerprint density at radius 2 is 1.81 bits per heavy atom. The fourth-order valence-electron chi connectivity index (χ4n) is 6.44. The van der Waals surface area contributed by atoms with Gasteiger partial charge in [0.1, 0.15) is 5.75 Å². The van der Waals surface area contributed by atoms with Crippen molar-refractivity contribution < 1.29 is 34.2 Å². The number of hydrogen-bond donors (Lipinski definition) is 3. The first-order chi connectivity index (χ1) is 17.4. The summed E-state index contributed by atoms with van der Waals surface area (Å²) in [4.78, 5) is 66.6. The number of benzene rings is 2. The molecule has 9 nitrogen and oxygen atoms in total. The van der Waals surface area contributed by atoms with Crippen LogP contribution in [0.15, 0.2) is 36.4 Å². The van der Waals surface area contributed by atoms with Crippen molar-refractivity contribution in [1.29, 1.82) is 0 Å². The SMILES string of the molecule is CN(C)Cc1cccc(-c2ccc(O)c3c2C[C@H]2C[C@H]4CC(=O)C(C(N)=O)C(=O)[C@@]4(O)C(=O)C2C3=O)c1. The minimum absolute atomic E-state index is 0.00190. The molecule has 5 rings (SSSR count). The number of fused-ring (bicyclic) bond motifs is 3. The number of phenolic OH excluding ortho intramolecular Hbond substituents is 1. The number of amides is 1. The van der Waals surface area contributed by atoms with Crippen LogP contribution in [0.1, 0.15) is 34.3 Å². The molecular formula is C28H28N2O7. The van der Waals surface area contributed by atoms with E-state index in [2.05, 4.69) is 0 Å². The molecule has 0 heterocycles. The second-order valence-corrected chi connectivity index (χ2v) is 10.7. The van der Waals surface area contributed by atoms with Gasteiger partial charge < -0.3 is 20.8 Å². The Labute approximate surface area is 213 Å². The van der Waals surface area contributed by atoms with Crippen LogP contribution in [0.25, 0.3) is 11.1 Å². The van der Waals surface area contributed by atoms with Gasteiger partial charge in [-0.1, -0.05) is 24.3 Å². The molecule has 2 aromatic carbocycles. The molecule has 0 spiro atoms. The fraction of sp³-hybridized carbons (Fsp3) is 0.393. The van der Waals surface area contributed by atoms with Crippen molar-refractivity contribution >= 4 is 29.0 Å². The van der Waals surface area contributed by atoms with Gasteiger partial charge in [0.05, 0.1) is 11.5 Å². The van der Waals surface area contributed by atoms with Crippen molar-refractivity contribution in [3.05, 3.63) is 53.1 Å². The maximum absolute atomic E-state index is 13.7. The van der Waals surface area contributed by atoms with Gasteiger partial charge in [-0.25, -0.2) is 0 Å². The van der Waals surface area contributed by atoms with Crippen LogP contribution in [0.3, 0.4) is 0 Å². The average Bonchev–Trinajstić information content (AvgIpc) is 2.81. The number of aliphatic hydroxyl groups is 1. The van der Waals surface area contributed by atoms with Crippen LogP contribution in [0.4, 0.5) is 0 Å². The van der Waals surface area contributed by atoms with Crippen molar-refractivity contribution in [2.24, 2.45) is 29.4 Å². The minimum Gasteiger partial charge on any atom is -0.507 e. The molecule has 1 amide bonds. The van der Waals surface area contributed by atoms with E-state index in [0.29, 0.717) is 12.1 Å². The molecule has 2 fully saturated rings. The molecule has 3 aliphatic rings. The molecule has 0 aromatic heterocycles. The Morgan fingerprint density at radius 3 is 2.49 bits per heavy atom. The highest BCUT2D eigenvalue weighted by molar-refractivity contribution is 6.31. The van der Waals surface area contributed by atoms with E-state index >= 15 is 0 Å². The first-order valence-corrected chi connectivity index (χ1v) is 12.2. The largest absolute Gasteiger partial charge is 0.507 e. The summed E-state index contributed by atoms with van der Waals surface area (Å²) < 4.78 is 0. The molecule has 9 heteroatoms. The fourth-order valence-corrected chi connectivity index (χ4v) is 6.44. The van der Waals surface area contributed by atoms with Crippen molar-refractivity contribution in [3.8, 4) is 16.9 Å². The van der Waals surface area contributed by atoms with Gasteiger partial charge in [-0.05, 0) is 67.2 Å². The molecule has 0 bridgehead atoms. The van der Waals surface area contributed by atoms with Crippen LogP contribution in [0.2, 0.25) is 0 Å². The Hall–Kier alpha value is -3.69. The number of aromatic hydroxyl groups is 1. The highest BCUT2D eigenvalue weighted by atomic mass is 16.3. The number of primary amides is 1. The number of phenols is 1. The van der Waals surface area contributed by atoms with Gasteiger partial charge in [0.2, 0.25) is 5.91 Å². The molecule has 2 saturated carbocycles. The normalized spacial score (nSPS) is 29.1. The predicted octanol–water partition coefficient (Wildman–Crippen LogP) is 1.06. The Morgan fingerprint density at radius 1 is 1.08 bits per heavy atom. The summed E-state index contributed by atoms with van der Waals surface area (Å²) in [5.74, 6) is -10.1. The topological polar surface area (TPSA) is 155 Å². The summed E-state index contributed by atoms with van der Waals surface area (Å²) in [6, 6.07) is 11.0. The lowest BCUT2D eigenvalue weighted by molar-refractivity contribution is -0.175. The summed E-state index contributed by atoms with van der Waals surface area (Å²) in [7, 11) is 3.92. The van der Waals surface area contributed by atoms with Crippen LogP contribution in [0, 0.1) is 23.7 Å². The third-order valence-electron chi connectivity index (χ3n) is 8.02. The molecule has 5 atom stereocenters.